The molecule has 3 N–H and O–H groups in total. The number of carboxylic acid groups (broad SMARTS) is 1. The number of hydrogen-bond donors (Lipinski definition) is 3. The number of amides is 1. The van der Waals surface area contributed by atoms with Gasteiger partial charge in [0.25, 0.3) is 11.7 Å². The summed E-state index contributed by atoms with van der Waals surface area (Å²) in [5.74, 6) is -2.28. The first-order valence-corrected chi connectivity index (χ1v) is 4.76. The lowest BCUT2D eigenvalue weighted by Crippen LogP contribution is -2.36. The number of carbonyl (C=O) groups is 2. The molecule has 0 saturated heterocycles. The molecule has 0 aliphatic heterocycles. The number of aromatic nitrogens is 4. The van der Waals surface area contributed by atoms with Crippen molar-refractivity contribution in [3.05, 3.63) is 5.82 Å². The fourth-order valence-corrected chi connectivity index (χ4v) is 1.15. The van der Waals surface area contributed by atoms with E-state index < -0.39 is 17.8 Å². The van der Waals surface area contributed by atoms with Crippen LogP contribution in [0.1, 0.15) is 24.5 Å². The SMILES string of the molecule is CC(C)C(CNC(=O)c1nn[nH]n1)C(=O)O. The molecular weight excluding hydrogens is 214 g/mol. The largest absolute Gasteiger partial charge is 0.481 e. The van der Waals surface area contributed by atoms with Crippen LogP contribution in [0.5, 0.6) is 0 Å². The molecule has 0 aliphatic rings. The van der Waals surface area contributed by atoms with Crippen LogP contribution in [0.4, 0.5) is 0 Å². The standard InChI is InChI=1S/C8H13N5O3/c1-4(2)5(8(15)16)3-9-7(14)6-10-12-13-11-6/h4-5H,3H2,1-2H3,(H,9,14)(H,15,16)(H,10,11,12,13). The highest BCUT2D eigenvalue weighted by Crippen LogP contribution is 2.09. The number of hydrogen-bond acceptors (Lipinski definition) is 5. The predicted molar refractivity (Wildman–Crippen MR) is 52.5 cm³/mol. The number of carbonyl (C=O) groups excluding carboxylic acids is 1. The van der Waals surface area contributed by atoms with Gasteiger partial charge in [0.2, 0.25) is 0 Å². The highest BCUT2D eigenvalue weighted by molar-refractivity contribution is 5.90. The maximum absolute atomic E-state index is 11.4. The van der Waals surface area contributed by atoms with Crippen molar-refractivity contribution < 1.29 is 14.7 Å². The summed E-state index contributed by atoms with van der Waals surface area (Å²) in [6.07, 6.45) is 0. The van der Waals surface area contributed by atoms with Crippen molar-refractivity contribution in [2.75, 3.05) is 6.54 Å². The van der Waals surface area contributed by atoms with Gasteiger partial charge in [-0.25, -0.2) is 0 Å². The van der Waals surface area contributed by atoms with Crippen LogP contribution < -0.4 is 5.32 Å². The van der Waals surface area contributed by atoms with E-state index >= 15 is 0 Å². The van der Waals surface area contributed by atoms with Gasteiger partial charge < -0.3 is 10.4 Å². The average molecular weight is 227 g/mol. The summed E-state index contributed by atoms with van der Waals surface area (Å²) in [7, 11) is 0. The van der Waals surface area contributed by atoms with Gasteiger partial charge in [-0.05, 0) is 11.1 Å². The topological polar surface area (TPSA) is 121 Å². The second-order valence-corrected chi connectivity index (χ2v) is 3.63. The lowest BCUT2D eigenvalue weighted by Gasteiger charge is -2.15. The van der Waals surface area contributed by atoms with Gasteiger partial charge in [-0.1, -0.05) is 13.8 Å². The Labute approximate surface area is 91.4 Å². The molecule has 1 atom stereocenters. The zero-order valence-corrected chi connectivity index (χ0v) is 8.97. The van der Waals surface area contributed by atoms with Crippen molar-refractivity contribution in [3.63, 3.8) is 0 Å². The number of nitrogens with one attached hydrogen (secondary N) is 2. The van der Waals surface area contributed by atoms with Gasteiger partial charge in [0, 0.05) is 6.54 Å². The van der Waals surface area contributed by atoms with Crippen LogP contribution in [0.2, 0.25) is 0 Å². The maximum atomic E-state index is 11.4. The molecule has 1 rings (SSSR count). The molecule has 1 unspecified atom stereocenters. The molecule has 1 heterocycles. The summed E-state index contributed by atoms with van der Waals surface area (Å²) in [5, 5.41) is 23.6. The Morgan fingerprint density at radius 3 is 2.62 bits per heavy atom. The van der Waals surface area contributed by atoms with E-state index in [4.69, 9.17) is 5.11 Å². The lowest BCUT2D eigenvalue weighted by atomic mass is 9.96. The minimum atomic E-state index is -0.941. The van der Waals surface area contributed by atoms with Gasteiger partial charge in [0.05, 0.1) is 5.92 Å². The minimum Gasteiger partial charge on any atom is -0.481 e. The highest BCUT2D eigenvalue weighted by Gasteiger charge is 2.22. The molecule has 1 aromatic heterocycles. The molecule has 8 nitrogen and oxygen atoms in total. The lowest BCUT2D eigenvalue weighted by molar-refractivity contribution is -0.142. The number of nitrogens with zero attached hydrogens (tertiary/aromatic N) is 3. The van der Waals surface area contributed by atoms with Gasteiger partial charge in [0.15, 0.2) is 0 Å². The summed E-state index contributed by atoms with van der Waals surface area (Å²) in [4.78, 5) is 22.2. The Bertz CT molecular complexity index is 362. The Hall–Kier alpha value is -1.99. The number of rotatable bonds is 5. The summed E-state index contributed by atoms with van der Waals surface area (Å²) < 4.78 is 0. The van der Waals surface area contributed by atoms with Crippen LogP contribution >= 0.6 is 0 Å². The van der Waals surface area contributed by atoms with E-state index in [1.165, 1.54) is 0 Å². The molecule has 0 aliphatic carbocycles. The number of aliphatic carboxylic acids is 1. The molecule has 0 saturated carbocycles. The number of tetrazole rings is 1. The second kappa shape index (κ2) is 5.19. The summed E-state index contributed by atoms with van der Waals surface area (Å²) >= 11 is 0. The van der Waals surface area contributed by atoms with Crippen LogP contribution in [0.3, 0.4) is 0 Å². The minimum absolute atomic E-state index is 0.0420. The van der Waals surface area contributed by atoms with Gasteiger partial charge in [-0.2, -0.15) is 5.21 Å². The van der Waals surface area contributed by atoms with E-state index in [2.05, 4.69) is 25.9 Å². The smallest absolute Gasteiger partial charge is 0.308 e. The van der Waals surface area contributed by atoms with E-state index in [-0.39, 0.29) is 18.3 Å². The predicted octanol–water partition coefficient (Wildman–Crippen LogP) is -0.714. The fraction of sp³-hybridized carbons (Fsp3) is 0.625. The molecule has 1 aromatic rings. The molecule has 0 radical (unpaired) electrons. The normalized spacial score (nSPS) is 12.4. The number of H-pyrrole nitrogens is 1. The van der Waals surface area contributed by atoms with Crippen molar-refractivity contribution in [2.24, 2.45) is 11.8 Å². The summed E-state index contributed by atoms with van der Waals surface area (Å²) in [6, 6.07) is 0. The molecule has 1 amide bonds. The van der Waals surface area contributed by atoms with Crippen LogP contribution in [0, 0.1) is 11.8 Å². The van der Waals surface area contributed by atoms with Gasteiger partial charge in [-0.3, -0.25) is 9.59 Å². The highest BCUT2D eigenvalue weighted by atomic mass is 16.4. The van der Waals surface area contributed by atoms with Crippen molar-refractivity contribution in [3.8, 4) is 0 Å². The van der Waals surface area contributed by atoms with E-state index in [0.717, 1.165) is 0 Å². The Balaban J connectivity index is 2.50. The average Bonchev–Trinajstić information content (AvgIpc) is 2.69. The van der Waals surface area contributed by atoms with Crippen molar-refractivity contribution in [1.29, 1.82) is 0 Å². The van der Waals surface area contributed by atoms with Crippen LogP contribution in [-0.4, -0.2) is 44.2 Å². The van der Waals surface area contributed by atoms with Crippen LogP contribution in [0.25, 0.3) is 0 Å². The zero-order chi connectivity index (χ0) is 12.1. The summed E-state index contributed by atoms with van der Waals surface area (Å²) in [6.45, 7) is 3.60. The number of aromatic amines is 1. The van der Waals surface area contributed by atoms with Crippen molar-refractivity contribution in [2.45, 2.75) is 13.8 Å². The van der Waals surface area contributed by atoms with Crippen LogP contribution in [-0.2, 0) is 4.79 Å². The third-order valence-electron chi connectivity index (χ3n) is 2.15. The Morgan fingerprint density at radius 2 is 2.19 bits per heavy atom. The monoisotopic (exact) mass is 227 g/mol. The third kappa shape index (κ3) is 3.01. The first kappa shape index (κ1) is 12.1. The number of carboxylic acids is 1. The quantitative estimate of drug-likeness (QED) is 0.610. The maximum Gasteiger partial charge on any atom is 0.308 e. The molecular formula is C8H13N5O3. The molecule has 0 bridgehead atoms. The van der Waals surface area contributed by atoms with Gasteiger partial charge in [-0.15, -0.1) is 10.2 Å². The van der Waals surface area contributed by atoms with E-state index in [1.807, 2.05) is 0 Å². The molecule has 0 fully saturated rings. The molecule has 8 heteroatoms. The van der Waals surface area contributed by atoms with E-state index in [0.29, 0.717) is 0 Å². The third-order valence-corrected chi connectivity index (χ3v) is 2.15. The summed E-state index contributed by atoms with van der Waals surface area (Å²) in [5.41, 5.74) is 0. The van der Waals surface area contributed by atoms with E-state index in [1.54, 1.807) is 13.8 Å². The fourth-order valence-electron chi connectivity index (χ4n) is 1.15. The Kier molecular flexibility index (Phi) is 3.92. The molecule has 16 heavy (non-hydrogen) atoms. The Morgan fingerprint density at radius 1 is 1.50 bits per heavy atom. The molecule has 0 aromatic carbocycles. The second-order valence-electron chi connectivity index (χ2n) is 3.63. The first-order chi connectivity index (χ1) is 7.52. The van der Waals surface area contributed by atoms with Gasteiger partial charge in [0.1, 0.15) is 0 Å². The van der Waals surface area contributed by atoms with Crippen LogP contribution in [0.15, 0.2) is 0 Å². The van der Waals surface area contributed by atoms with Crippen molar-refractivity contribution in [1.82, 2.24) is 25.9 Å². The zero-order valence-electron chi connectivity index (χ0n) is 8.97. The van der Waals surface area contributed by atoms with E-state index in [9.17, 15) is 9.59 Å². The first-order valence-electron chi connectivity index (χ1n) is 4.76. The molecule has 0 spiro atoms. The van der Waals surface area contributed by atoms with Crippen molar-refractivity contribution >= 4 is 11.9 Å². The molecule has 88 valence electrons. The van der Waals surface area contributed by atoms with Gasteiger partial charge >= 0.3 is 5.97 Å².